The van der Waals surface area contributed by atoms with E-state index in [2.05, 4.69) is 17.1 Å². The molecule has 2 atom stereocenters. The van der Waals surface area contributed by atoms with E-state index in [9.17, 15) is 9.59 Å². The van der Waals surface area contributed by atoms with Crippen LogP contribution in [0.3, 0.4) is 0 Å². The summed E-state index contributed by atoms with van der Waals surface area (Å²) in [5, 5.41) is 3.61. The van der Waals surface area contributed by atoms with Crippen LogP contribution in [0.4, 0.5) is 0 Å². The molecule has 0 bridgehead atoms. The summed E-state index contributed by atoms with van der Waals surface area (Å²) in [6.45, 7) is 4.34. The first-order valence-electron chi connectivity index (χ1n) is 9.87. The Bertz CT molecular complexity index is 1060. The van der Waals surface area contributed by atoms with Gasteiger partial charge in [0.2, 0.25) is 11.6 Å². The van der Waals surface area contributed by atoms with Gasteiger partial charge in [-0.2, -0.15) is 4.98 Å². The molecule has 1 amide bonds. The van der Waals surface area contributed by atoms with Gasteiger partial charge in [0, 0.05) is 19.6 Å². The van der Waals surface area contributed by atoms with Crippen LogP contribution in [0.1, 0.15) is 30.8 Å². The molecule has 0 radical (unpaired) electrons. The maximum Gasteiger partial charge on any atom is 0.265 e. The SMILES string of the molecule is CCC(c1nc2occc2c(=O)n1Cc1ccccc1)N1CCNC(C(N)=O)C1. The van der Waals surface area contributed by atoms with Gasteiger partial charge in [-0.1, -0.05) is 37.3 Å². The highest BCUT2D eigenvalue weighted by molar-refractivity contribution is 5.80. The van der Waals surface area contributed by atoms with E-state index in [1.54, 1.807) is 10.6 Å². The Morgan fingerprint density at radius 3 is 2.86 bits per heavy atom. The van der Waals surface area contributed by atoms with Crippen molar-refractivity contribution in [3.8, 4) is 0 Å². The number of nitrogens with two attached hydrogens (primary N) is 1. The van der Waals surface area contributed by atoms with Gasteiger partial charge in [-0.15, -0.1) is 0 Å². The third kappa shape index (κ3) is 3.81. The highest BCUT2D eigenvalue weighted by Gasteiger charge is 2.31. The highest BCUT2D eigenvalue weighted by Crippen LogP contribution is 2.25. The van der Waals surface area contributed by atoms with E-state index in [1.165, 1.54) is 6.26 Å². The second-order valence-electron chi connectivity index (χ2n) is 7.31. The largest absolute Gasteiger partial charge is 0.446 e. The van der Waals surface area contributed by atoms with Crippen LogP contribution in [-0.4, -0.2) is 46.0 Å². The van der Waals surface area contributed by atoms with Crippen LogP contribution < -0.4 is 16.6 Å². The fourth-order valence-electron chi connectivity index (χ4n) is 3.99. The second kappa shape index (κ2) is 8.18. The number of hydrogen-bond donors (Lipinski definition) is 2. The van der Waals surface area contributed by atoms with E-state index in [0.29, 0.717) is 36.6 Å². The summed E-state index contributed by atoms with van der Waals surface area (Å²) in [6, 6.07) is 10.9. The molecule has 0 saturated carbocycles. The Morgan fingerprint density at radius 2 is 2.14 bits per heavy atom. The quantitative estimate of drug-likeness (QED) is 0.651. The van der Waals surface area contributed by atoms with Gasteiger partial charge in [0.05, 0.1) is 24.9 Å². The second-order valence-corrected chi connectivity index (χ2v) is 7.31. The molecule has 8 nitrogen and oxygen atoms in total. The third-order valence-corrected chi connectivity index (χ3v) is 5.47. The summed E-state index contributed by atoms with van der Waals surface area (Å²) >= 11 is 0. The topological polar surface area (TPSA) is 106 Å². The Hall–Kier alpha value is -2.97. The van der Waals surface area contributed by atoms with Crippen molar-refractivity contribution in [1.82, 2.24) is 19.8 Å². The lowest BCUT2D eigenvalue weighted by Crippen LogP contribution is -2.57. The third-order valence-electron chi connectivity index (χ3n) is 5.47. The van der Waals surface area contributed by atoms with Gasteiger partial charge in [-0.25, -0.2) is 0 Å². The fraction of sp³-hybridized carbons (Fsp3) is 0.381. The van der Waals surface area contributed by atoms with Crippen molar-refractivity contribution in [2.75, 3.05) is 19.6 Å². The number of aromatic nitrogens is 2. The molecule has 3 N–H and O–H groups in total. The predicted octanol–water partition coefficient (Wildman–Crippen LogP) is 1.25. The number of rotatable bonds is 6. The summed E-state index contributed by atoms with van der Waals surface area (Å²) < 4.78 is 7.18. The molecule has 1 fully saturated rings. The molecule has 1 saturated heterocycles. The molecule has 3 aromatic rings. The van der Waals surface area contributed by atoms with Crippen molar-refractivity contribution >= 4 is 17.0 Å². The minimum absolute atomic E-state index is 0.123. The smallest absolute Gasteiger partial charge is 0.265 e. The van der Waals surface area contributed by atoms with Gasteiger partial charge in [-0.3, -0.25) is 19.1 Å². The molecule has 1 aliphatic heterocycles. The normalized spacial score (nSPS) is 18.7. The van der Waals surface area contributed by atoms with Crippen molar-refractivity contribution < 1.29 is 9.21 Å². The van der Waals surface area contributed by atoms with Crippen molar-refractivity contribution in [2.45, 2.75) is 32.0 Å². The Morgan fingerprint density at radius 1 is 1.34 bits per heavy atom. The number of carbonyl (C=O) groups is 1. The molecule has 2 unspecified atom stereocenters. The number of hydrogen-bond acceptors (Lipinski definition) is 6. The lowest BCUT2D eigenvalue weighted by Gasteiger charge is -2.37. The minimum atomic E-state index is -0.417. The highest BCUT2D eigenvalue weighted by atomic mass is 16.3. The number of nitrogens with one attached hydrogen (secondary N) is 1. The average molecular weight is 395 g/mol. The zero-order valence-electron chi connectivity index (χ0n) is 16.4. The summed E-state index contributed by atoms with van der Waals surface area (Å²) in [5.74, 6) is 0.273. The maximum atomic E-state index is 13.2. The van der Waals surface area contributed by atoms with Crippen molar-refractivity contribution in [1.29, 1.82) is 0 Å². The van der Waals surface area contributed by atoms with Crippen molar-refractivity contribution in [3.63, 3.8) is 0 Å². The molecule has 1 aliphatic rings. The summed E-state index contributed by atoms with van der Waals surface area (Å²) in [7, 11) is 0. The van der Waals surface area contributed by atoms with E-state index in [-0.39, 0.29) is 17.5 Å². The van der Waals surface area contributed by atoms with Crippen LogP contribution in [-0.2, 0) is 11.3 Å². The first-order valence-corrected chi connectivity index (χ1v) is 9.87. The van der Waals surface area contributed by atoms with Gasteiger partial charge >= 0.3 is 0 Å². The Labute approximate surface area is 168 Å². The molecular formula is C21H25N5O3. The van der Waals surface area contributed by atoms with Crippen LogP contribution in [0.5, 0.6) is 0 Å². The number of amides is 1. The summed E-state index contributed by atoms with van der Waals surface area (Å²) in [4.78, 5) is 31.8. The molecule has 8 heteroatoms. The molecule has 3 heterocycles. The van der Waals surface area contributed by atoms with E-state index < -0.39 is 6.04 Å². The molecule has 0 aliphatic carbocycles. The molecule has 0 spiro atoms. The monoisotopic (exact) mass is 395 g/mol. The average Bonchev–Trinajstić information content (AvgIpc) is 3.21. The summed E-state index contributed by atoms with van der Waals surface area (Å²) in [6.07, 6.45) is 2.23. The predicted molar refractivity (Wildman–Crippen MR) is 109 cm³/mol. The lowest BCUT2D eigenvalue weighted by molar-refractivity contribution is -0.121. The Balaban J connectivity index is 1.79. The number of piperazine rings is 1. The van der Waals surface area contributed by atoms with Gasteiger partial charge < -0.3 is 15.5 Å². The van der Waals surface area contributed by atoms with E-state index >= 15 is 0 Å². The van der Waals surface area contributed by atoms with Gasteiger partial charge in [0.1, 0.15) is 11.2 Å². The number of furan rings is 1. The minimum Gasteiger partial charge on any atom is -0.446 e. The molecule has 4 rings (SSSR count). The van der Waals surface area contributed by atoms with Crippen molar-refractivity contribution in [3.05, 3.63) is 64.4 Å². The zero-order chi connectivity index (χ0) is 20.4. The molecular weight excluding hydrogens is 370 g/mol. The molecule has 1 aromatic carbocycles. The lowest BCUT2D eigenvalue weighted by atomic mass is 10.1. The van der Waals surface area contributed by atoms with Crippen LogP contribution in [0.15, 0.2) is 51.9 Å². The zero-order valence-corrected chi connectivity index (χ0v) is 16.4. The van der Waals surface area contributed by atoms with Crippen molar-refractivity contribution in [2.24, 2.45) is 5.73 Å². The summed E-state index contributed by atoms with van der Waals surface area (Å²) in [5.41, 5.74) is 6.75. The van der Waals surface area contributed by atoms with Gasteiger partial charge in [-0.05, 0) is 18.1 Å². The van der Waals surface area contributed by atoms with Crippen LogP contribution in [0.25, 0.3) is 11.1 Å². The number of benzene rings is 1. The van der Waals surface area contributed by atoms with E-state index in [1.807, 2.05) is 30.3 Å². The Kier molecular flexibility index (Phi) is 5.46. The maximum absolute atomic E-state index is 13.2. The van der Waals surface area contributed by atoms with Crippen LogP contribution >= 0.6 is 0 Å². The first kappa shape index (κ1) is 19.4. The number of primary amides is 1. The molecule has 29 heavy (non-hydrogen) atoms. The molecule has 2 aromatic heterocycles. The first-order chi connectivity index (χ1) is 14.1. The molecule has 152 valence electrons. The van der Waals surface area contributed by atoms with E-state index in [0.717, 1.165) is 18.5 Å². The standard InChI is InChI=1S/C21H25N5O3/c1-2-17(25-10-9-23-16(13-25)18(22)27)19-24-20-15(8-11-29-20)21(28)26(19)12-14-6-4-3-5-7-14/h3-8,11,16-17,23H,2,9-10,12-13H2,1H3,(H2,22,27). The fourth-order valence-corrected chi connectivity index (χ4v) is 3.99. The van der Waals surface area contributed by atoms with Crippen LogP contribution in [0.2, 0.25) is 0 Å². The van der Waals surface area contributed by atoms with E-state index in [4.69, 9.17) is 15.1 Å². The number of fused-ring (bicyclic) bond motifs is 1. The van der Waals surface area contributed by atoms with Crippen LogP contribution in [0, 0.1) is 0 Å². The number of nitrogens with zero attached hydrogens (tertiary/aromatic N) is 3. The number of carbonyl (C=O) groups excluding carboxylic acids is 1. The van der Waals surface area contributed by atoms with Gasteiger partial charge in [0.25, 0.3) is 5.56 Å². The van der Waals surface area contributed by atoms with Gasteiger partial charge in [0.15, 0.2) is 0 Å².